The molecule has 5 heteroatoms. The molecule has 1 rings (SSSR count). The van der Waals surface area contributed by atoms with Crippen molar-refractivity contribution >= 4 is 21.8 Å². The van der Waals surface area contributed by atoms with Crippen LogP contribution in [0.2, 0.25) is 0 Å². The van der Waals surface area contributed by atoms with Gasteiger partial charge in [-0.1, -0.05) is 24.3 Å². The van der Waals surface area contributed by atoms with E-state index < -0.39 is 10.5 Å². The fourth-order valence-corrected chi connectivity index (χ4v) is 3.41. The van der Waals surface area contributed by atoms with Crippen molar-refractivity contribution in [2.45, 2.75) is 30.9 Å². The standard InChI is InChI=1S/C8H16N2OS2/c1-5(2)7-10-6(3)8(12-7)13(4,9)11/h5,11H,9H2,1-4H3. The van der Waals surface area contributed by atoms with E-state index in [0.29, 0.717) is 5.92 Å². The summed E-state index contributed by atoms with van der Waals surface area (Å²) in [5, 5.41) is 6.73. The van der Waals surface area contributed by atoms with Crippen molar-refractivity contribution in [3.8, 4) is 0 Å². The summed E-state index contributed by atoms with van der Waals surface area (Å²) in [6.45, 7) is 6.07. The fraction of sp³-hybridized carbons (Fsp3) is 0.625. The summed E-state index contributed by atoms with van der Waals surface area (Å²) in [6.07, 6.45) is 1.66. The highest BCUT2D eigenvalue weighted by Crippen LogP contribution is 2.46. The lowest BCUT2D eigenvalue weighted by molar-refractivity contribution is 0.634. The van der Waals surface area contributed by atoms with E-state index in [1.165, 1.54) is 11.3 Å². The van der Waals surface area contributed by atoms with Crippen LogP contribution in [0.3, 0.4) is 0 Å². The molecular weight excluding hydrogens is 204 g/mol. The van der Waals surface area contributed by atoms with Crippen LogP contribution in [0.25, 0.3) is 0 Å². The Morgan fingerprint density at radius 3 is 2.31 bits per heavy atom. The van der Waals surface area contributed by atoms with E-state index in [4.69, 9.17) is 5.14 Å². The van der Waals surface area contributed by atoms with Gasteiger partial charge in [-0.05, 0) is 6.92 Å². The number of rotatable bonds is 2. The number of nitrogens with zero attached hydrogens (tertiary/aromatic N) is 1. The molecule has 1 heterocycles. The van der Waals surface area contributed by atoms with Crippen LogP contribution in [0.15, 0.2) is 4.21 Å². The van der Waals surface area contributed by atoms with Gasteiger partial charge in [0.25, 0.3) is 0 Å². The van der Waals surface area contributed by atoms with Gasteiger partial charge in [0.1, 0.15) is 4.21 Å². The molecule has 0 saturated carbocycles. The fourth-order valence-electron chi connectivity index (χ4n) is 1.03. The zero-order chi connectivity index (χ0) is 10.2. The first kappa shape index (κ1) is 11.0. The maximum absolute atomic E-state index is 9.70. The van der Waals surface area contributed by atoms with Crippen molar-refractivity contribution < 1.29 is 4.55 Å². The van der Waals surface area contributed by atoms with E-state index in [1.807, 2.05) is 6.92 Å². The van der Waals surface area contributed by atoms with Crippen molar-refractivity contribution in [3.05, 3.63) is 10.7 Å². The predicted octanol–water partition coefficient (Wildman–Crippen LogP) is 2.71. The second-order valence-corrected chi connectivity index (χ2v) is 7.09. The molecular formula is C8H16N2OS2. The number of hydrogen-bond donors (Lipinski definition) is 2. The van der Waals surface area contributed by atoms with E-state index in [-0.39, 0.29) is 0 Å². The smallest absolute Gasteiger partial charge is 0.101 e. The third-order valence-electron chi connectivity index (χ3n) is 1.64. The lowest BCUT2D eigenvalue weighted by atomic mass is 10.2. The molecule has 3 N–H and O–H groups in total. The largest absolute Gasteiger partial charge is 0.334 e. The molecule has 0 bridgehead atoms. The second kappa shape index (κ2) is 3.57. The lowest BCUT2D eigenvalue weighted by Crippen LogP contribution is -2.06. The maximum atomic E-state index is 9.70. The minimum atomic E-state index is -2.09. The van der Waals surface area contributed by atoms with Gasteiger partial charge in [-0.2, -0.15) is 0 Å². The van der Waals surface area contributed by atoms with Crippen LogP contribution in [0.4, 0.5) is 0 Å². The summed E-state index contributed by atoms with van der Waals surface area (Å²) < 4.78 is 10.5. The minimum Gasteiger partial charge on any atom is -0.334 e. The van der Waals surface area contributed by atoms with Crippen LogP contribution in [0.1, 0.15) is 30.5 Å². The highest BCUT2D eigenvalue weighted by molar-refractivity contribution is 8.27. The molecule has 0 spiro atoms. The van der Waals surface area contributed by atoms with Gasteiger partial charge in [-0.15, -0.1) is 11.3 Å². The van der Waals surface area contributed by atoms with Gasteiger partial charge in [0.2, 0.25) is 0 Å². The molecule has 76 valence electrons. The van der Waals surface area contributed by atoms with Gasteiger partial charge in [-0.25, -0.2) is 4.98 Å². The zero-order valence-electron chi connectivity index (χ0n) is 8.37. The molecule has 0 saturated heterocycles. The third-order valence-corrected chi connectivity index (χ3v) is 5.20. The van der Waals surface area contributed by atoms with E-state index in [1.54, 1.807) is 6.26 Å². The molecule has 0 aliphatic rings. The number of hydrogen-bond acceptors (Lipinski definition) is 4. The van der Waals surface area contributed by atoms with Gasteiger partial charge >= 0.3 is 0 Å². The second-order valence-electron chi connectivity index (χ2n) is 3.52. The van der Waals surface area contributed by atoms with Crippen molar-refractivity contribution in [3.63, 3.8) is 0 Å². The van der Waals surface area contributed by atoms with E-state index in [0.717, 1.165) is 14.9 Å². The molecule has 1 unspecified atom stereocenters. The first-order valence-electron chi connectivity index (χ1n) is 4.08. The summed E-state index contributed by atoms with van der Waals surface area (Å²) >= 11 is 1.53. The molecule has 0 aliphatic carbocycles. The van der Waals surface area contributed by atoms with Crippen LogP contribution < -0.4 is 5.14 Å². The monoisotopic (exact) mass is 220 g/mol. The SMILES string of the molecule is Cc1nc(C(C)C)sc1S(C)(N)O. The Labute approximate surface area is 84.7 Å². The Kier molecular flexibility index (Phi) is 3.01. The topological polar surface area (TPSA) is 59.1 Å². The van der Waals surface area contributed by atoms with Crippen molar-refractivity contribution in [2.75, 3.05) is 6.26 Å². The van der Waals surface area contributed by atoms with Crippen LogP contribution in [0.5, 0.6) is 0 Å². The highest BCUT2D eigenvalue weighted by Gasteiger charge is 2.19. The lowest BCUT2D eigenvalue weighted by Gasteiger charge is -2.21. The summed E-state index contributed by atoms with van der Waals surface area (Å²) in [5.41, 5.74) is 0.871. The Morgan fingerprint density at radius 2 is 2.08 bits per heavy atom. The highest BCUT2D eigenvalue weighted by atomic mass is 32.3. The number of aromatic nitrogens is 1. The van der Waals surface area contributed by atoms with E-state index in [2.05, 4.69) is 18.8 Å². The van der Waals surface area contributed by atoms with E-state index in [9.17, 15) is 4.55 Å². The van der Waals surface area contributed by atoms with Gasteiger partial charge < -0.3 is 4.55 Å². The Hall–Kier alpha value is -0.100. The molecule has 0 radical (unpaired) electrons. The average Bonchev–Trinajstić information content (AvgIpc) is 2.29. The zero-order valence-corrected chi connectivity index (χ0v) is 10.00. The third kappa shape index (κ3) is 2.43. The molecule has 1 atom stereocenters. The maximum Gasteiger partial charge on any atom is 0.101 e. The summed E-state index contributed by atoms with van der Waals surface area (Å²) in [4.78, 5) is 4.38. The minimum absolute atomic E-state index is 0.402. The van der Waals surface area contributed by atoms with Crippen LogP contribution in [0, 0.1) is 6.92 Å². The summed E-state index contributed by atoms with van der Waals surface area (Å²) in [5.74, 6) is 0.402. The number of aryl methyl sites for hydroxylation is 1. The molecule has 3 nitrogen and oxygen atoms in total. The molecule has 0 aliphatic heterocycles. The number of thiazole rings is 1. The summed E-state index contributed by atoms with van der Waals surface area (Å²) in [7, 11) is -2.09. The average molecular weight is 220 g/mol. The molecule has 0 aromatic carbocycles. The first-order valence-corrected chi connectivity index (χ1v) is 6.96. The van der Waals surface area contributed by atoms with Gasteiger partial charge in [-0.3, -0.25) is 5.14 Å². The Morgan fingerprint density at radius 1 is 1.54 bits per heavy atom. The molecule has 0 amide bonds. The van der Waals surface area contributed by atoms with Gasteiger partial charge in [0, 0.05) is 12.2 Å². The normalized spacial score (nSPS) is 18.7. The first-order chi connectivity index (χ1) is 5.82. The Bertz CT molecular complexity index is 302. The van der Waals surface area contributed by atoms with Crippen molar-refractivity contribution in [1.29, 1.82) is 0 Å². The quantitative estimate of drug-likeness (QED) is 0.805. The van der Waals surface area contributed by atoms with Gasteiger partial charge in [0.15, 0.2) is 0 Å². The van der Waals surface area contributed by atoms with Crippen molar-refractivity contribution in [1.82, 2.24) is 4.98 Å². The van der Waals surface area contributed by atoms with E-state index >= 15 is 0 Å². The molecule has 0 fully saturated rings. The van der Waals surface area contributed by atoms with Gasteiger partial charge in [0.05, 0.1) is 10.7 Å². The summed E-state index contributed by atoms with van der Waals surface area (Å²) in [6, 6.07) is 0. The Balaban J connectivity index is 3.11. The van der Waals surface area contributed by atoms with Crippen LogP contribution >= 0.6 is 21.8 Å². The molecule has 1 aromatic rings. The van der Waals surface area contributed by atoms with Crippen molar-refractivity contribution in [2.24, 2.45) is 5.14 Å². The van der Waals surface area contributed by atoms with Crippen LogP contribution in [-0.4, -0.2) is 15.8 Å². The van der Waals surface area contributed by atoms with Crippen LogP contribution in [-0.2, 0) is 0 Å². The number of nitrogens with two attached hydrogens (primary N) is 1. The predicted molar refractivity (Wildman–Crippen MR) is 59.5 cm³/mol. The molecule has 13 heavy (non-hydrogen) atoms. The molecule has 1 aromatic heterocycles.